The fourth-order valence-electron chi connectivity index (χ4n) is 1.74. The number of benzene rings is 1. The maximum Gasteiger partial charge on any atom is 0.264 e. The number of hydrogen-bond acceptors (Lipinski definition) is 2. The van der Waals surface area contributed by atoms with E-state index >= 15 is 0 Å². The lowest BCUT2D eigenvalue weighted by Crippen LogP contribution is -2.24. The number of hydrogen-bond donors (Lipinski definition) is 1. The van der Waals surface area contributed by atoms with Crippen LogP contribution in [-0.2, 0) is 5.41 Å². The average Bonchev–Trinajstić information content (AvgIpc) is 2.31. The van der Waals surface area contributed by atoms with Crippen molar-refractivity contribution in [1.29, 1.82) is 0 Å². The monoisotopic (exact) mass is 432 g/mol. The summed E-state index contributed by atoms with van der Waals surface area (Å²) in [4.78, 5) is 19.6. The number of aromatic amines is 1. The van der Waals surface area contributed by atoms with Gasteiger partial charge in [-0.2, -0.15) is 0 Å². The van der Waals surface area contributed by atoms with Gasteiger partial charge in [0, 0.05) is 15.5 Å². The van der Waals surface area contributed by atoms with Crippen LogP contribution in [0.15, 0.2) is 33.5 Å². The van der Waals surface area contributed by atoms with Crippen LogP contribution in [0.1, 0.15) is 26.5 Å². The van der Waals surface area contributed by atoms with Gasteiger partial charge in [0.15, 0.2) is 0 Å². The number of aromatic nitrogens is 2. The highest BCUT2D eigenvalue weighted by Gasteiger charge is 2.22. The minimum Gasteiger partial charge on any atom is -0.306 e. The van der Waals surface area contributed by atoms with Crippen LogP contribution >= 0.6 is 38.5 Å². The lowest BCUT2D eigenvalue weighted by Gasteiger charge is -2.19. The highest BCUT2D eigenvalue weighted by atomic mass is 127. The van der Waals surface area contributed by atoms with Gasteiger partial charge in [-0.3, -0.25) is 4.79 Å². The Kier molecular flexibility index (Phi) is 4.15. The summed E-state index contributed by atoms with van der Waals surface area (Å²) in [6.45, 7) is 6.17. The van der Waals surface area contributed by atoms with Crippen LogP contribution in [-0.4, -0.2) is 9.97 Å². The maximum absolute atomic E-state index is 12.1. The summed E-state index contributed by atoms with van der Waals surface area (Å²) in [5, 5.41) is 0. The van der Waals surface area contributed by atoms with Crippen molar-refractivity contribution in [2.24, 2.45) is 0 Å². The van der Waals surface area contributed by atoms with Crippen molar-refractivity contribution >= 4 is 38.5 Å². The van der Waals surface area contributed by atoms with Crippen LogP contribution < -0.4 is 5.56 Å². The molecule has 0 spiro atoms. The molecule has 2 aromatic rings. The van der Waals surface area contributed by atoms with Crippen molar-refractivity contribution in [2.45, 2.75) is 26.2 Å². The van der Waals surface area contributed by atoms with Crippen LogP contribution in [0.25, 0.3) is 11.4 Å². The zero-order valence-electron chi connectivity index (χ0n) is 10.9. The molecule has 19 heavy (non-hydrogen) atoms. The van der Waals surface area contributed by atoms with Crippen LogP contribution in [0.3, 0.4) is 0 Å². The molecule has 0 saturated carbocycles. The third-order valence-electron chi connectivity index (χ3n) is 2.70. The molecule has 0 unspecified atom stereocenters. The van der Waals surface area contributed by atoms with Crippen molar-refractivity contribution in [2.75, 3.05) is 0 Å². The summed E-state index contributed by atoms with van der Waals surface area (Å²) >= 11 is 5.54. The van der Waals surface area contributed by atoms with E-state index in [1.165, 1.54) is 0 Å². The largest absolute Gasteiger partial charge is 0.306 e. The van der Waals surface area contributed by atoms with E-state index in [0.29, 0.717) is 9.39 Å². The Morgan fingerprint density at radius 3 is 2.47 bits per heavy atom. The molecule has 0 amide bonds. The average molecular weight is 433 g/mol. The Morgan fingerprint density at radius 2 is 1.89 bits per heavy atom. The van der Waals surface area contributed by atoms with E-state index in [9.17, 15) is 4.79 Å². The van der Waals surface area contributed by atoms with E-state index in [4.69, 9.17) is 0 Å². The van der Waals surface area contributed by atoms with Gasteiger partial charge in [0.2, 0.25) is 0 Å². The summed E-state index contributed by atoms with van der Waals surface area (Å²) < 4.78 is 1.57. The molecule has 1 aromatic heterocycles. The van der Waals surface area contributed by atoms with Crippen molar-refractivity contribution in [3.8, 4) is 11.4 Å². The van der Waals surface area contributed by atoms with E-state index in [1.807, 2.05) is 24.3 Å². The van der Waals surface area contributed by atoms with Gasteiger partial charge in [-0.1, -0.05) is 54.9 Å². The third kappa shape index (κ3) is 3.08. The fourth-order valence-corrected chi connectivity index (χ4v) is 3.27. The first-order valence-corrected chi connectivity index (χ1v) is 7.73. The summed E-state index contributed by atoms with van der Waals surface area (Å²) in [5.74, 6) is 0.600. The lowest BCUT2D eigenvalue weighted by atomic mass is 9.92. The van der Waals surface area contributed by atoms with Gasteiger partial charge < -0.3 is 4.98 Å². The van der Waals surface area contributed by atoms with Crippen LogP contribution in [0.2, 0.25) is 0 Å². The SMILES string of the molecule is CC(C)(C)c1nc(-c2ccccc2Br)[nH]c(=O)c1I. The normalized spacial score (nSPS) is 11.6. The first-order valence-electron chi connectivity index (χ1n) is 5.86. The Labute approximate surface area is 134 Å². The molecule has 0 atom stereocenters. The number of rotatable bonds is 1. The molecular formula is C14H14BrIN2O. The molecule has 1 N–H and O–H groups in total. The fraction of sp³-hybridized carbons (Fsp3) is 0.286. The Balaban J connectivity index is 2.71. The van der Waals surface area contributed by atoms with Crippen molar-refractivity contribution in [3.63, 3.8) is 0 Å². The standard InChI is InChI=1S/C14H14BrIN2O/c1-14(2,3)11-10(16)13(19)18-12(17-11)8-6-4-5-7-9(8)15/h4-7H,1-3H3,(H,17,18,19). The number of H-pyrrole nitrogens is 1. The second kappa shape index (κ2) is 5.36. The molecule has 5 heteroatoms. The van der Waals surface area contributed by atoms with Gasteiger partial charge in [-0.05, 0) is 28.7 Å². The van der Waals surface area contributed by atoms with Gasteiger partial charge in [-0.25, -0.2) is 4.98 Å². The first kappa shape index (κ1) is 14.7. The number of nitrogens with zero attached hydrogens (tertiary/aromatic N) is 1. The van der Waals surface area contributed by atoms with Crippen LogP contribution in [0, 0.1) is 3.57 Å². The predicted molar refractivity (Wildman–Crippen MR) is 89.4 cm³/mol. The topological polar surface area (TPSA) is 45.8 Å². The van der Waals surface area contributed by atoms with Gasteiger partial charge in [0.25, 0.3) is 5.56 Å². The molecule has 0 aliphatic carbocycles. The molecule has 2 rings (SSSR count). The lowest BCUT2D eigenvalue weighted by molar-refractivity contribution is 0.562. The summed E-state index contributed by atoms with van der Waals surface area (Å²) in [5.41, 5.74) is 1.45. The van der Waals surface area contributed by atoms with Gasteiger partial charge in [0.05, 0.1) is 5.69 Å². The molecule has 1 aromatic carbocycles. The molecule has 3 nitrogen and oxygen atoms in total. The Bertz CT molecular complexity index is 674. The molecule has 0 radical (unpaired) electrons. The van der Waals surface area contributed by atoms with E-state index in [0.717, 1.165) is 15.7 Å². The van der Waals surface area contributed by atoms with Crippen LogP contribution in [0.4, 0.5) is 0 Å². The third-order valence-corrected chi connectivity index (χ3v) is 4.39. The maximum atomic E-state index is 12.1. The molecule has 0 aliphatic rings. The van der Waals surface area contributed by atoms with Crippen molar-refractivity contribution < 1.29 is 0 Å². The minimum atomic E-state index is -0.166. The molecule has 0 bridgehead atoms. The second-order valence-corrected chi connectivity index (χ2v) is 7.24. The number of halogens is 2. The summed E-state index contributed by atoms with van der Waals surface area (Å²) in [6.07, 6.45) is 0. The van der Waals surface area contributed by atoms with Gasteiger partial charge in [0.1, 0.15) is 9.39 Å². The molecular weight excluding hydrogens is 419 g/mol. The molecule has 0 aliphatic heterocycles. The minimum absolute atomic E-state index is 0.0914. The Morgan fingerprint density at radius 1 is 1.26 bits per heavy atom. The highest BCUT2D eigenvalue weighted by Crippen LogP contribution is 2.28. The number of nitrogens with one attached hydrogen (secondary N) is 1. The first-order chi connectivity index (χ1) is 8.80. The van der Waals surface area contributed by atoms with E-state index in [1.54, 1.807) is 0 Å². The van der Waals surface area contributed by atoms with E-state index < -0.39 is 0 Å². The Hall–Kier alpha value is -0.690. The van der Waals surface area contributed by atoms with E-state index in [2.05, 4.69) is 69.3 Å². The van der Waals surface area contributed by atoms with Gasteiger partial charge >= 0.3 is 0 Å². The quantitative estimate of drug-likeness (QED) is 0.689. The highest BCUT2D eigenvalue weighted by molar-refractivity contribution is 14.1. The molecule has 1 heterocycles. The zero-order valence-corrected chi connectivity index (χ0v) is 14.7. The zero-order chi connectivity index (χ0) is 14.2. The van der Waals surface area contributed by atoms with Crippen LogP contribution in [0.5, 0.6) is 0 Å². The van der Waals surface area contributed by atoms with Crippen molar-refractivity contribution in [1.82, 2.24) is 9.97 Å². The molecule has 0 saturated heterocycles. The predicted octanol–water partition coefficient (Wildman–Crippen LogP) is 4.10. The molecule has 100 valence electrons. The summed E-state index contributed by atoms with van der Waals surface area (Å²) in [6, 6.07) is 7.73. The summed E-state index contributed by atoms with van der Waals surface area (Å²) in [7, 11) is 0. The van der Waals surface area contributed by atoms with Crippen molar-refractivity contribution in [3.05, 3.63) is 48.4 Å². The molecule has 0 fully saturated rings. The second-order valence-electron chi connectivity index (χ2n) is 5.31. The van der Waals surface area contributed by atoms with E-state index in [-0.39, 0.29) is 11.0 Å². The van der Waals surface area contributed by atoms with Gasteiger partial charge in [-0.15, -0.1) is 0 Å². The smallest absolute Gasteiger partial charge is 0.264 e.